The number of hydrogen-bond donors (Lipinski definition) is 0. The average molecular weight is 287 g/mol. The number of hydrogen-bond acceptors (Lipinski definition) is 2. The minimum absolute atomic E-state index is 0.0161. The van der Waals surface area contributed by atoms with Crippen molar-refractivity contribution in [3.05, 3.63) is 29.3 Å². The third-order valence-corrected chi connectivity index (χ3v) is 3.53. The molecule has 0 aliphatic carbocycles. The summed E-state index contributed by atoms with van der Waals surface area (Å²) in [6.07, 6.45) is 0. The molecular formula is C13H16Cl2N2O. The Hall–Kier alpha value is -0.930. The first-order valence-electron chi connectivity index (χ1n) is 6.01. The minimum atomic E-state index is -0.442. The van der Waals surface area contributed by atoms with Gasteiger partial charge in [-0.25, -0.2) is 0 Å². The maximum Gasteiger partial charge on any atom is 0.240 e. The molecule has 1 aromatic rings. The first-order chi connectivity index (χ1) is 8.58. The van der Waals surface area contributed by atoms with Crippen LogP contribution in [0.4, 0.5) is 5.69 Å². The summed E-state index contributed by atoms with van der Waals surface area (Å²) in [7, 11) is 0. The maximum atomic E-state index is 11.7. The van der Waals surface area contributed by atoms with E-state index in [9.17, 15) is 4.79 Å². The summed E-state index contributed by atoms with van der Waals surface area (Å²) >= 11 is 11.8. The van der Waals surface area contributed by atoms with Crippen LogP contribution in [-0.4, -0.2) is 42.4 Å². The Morgan fingerprint density at radius 3 is 2.50 bits per heavy atom. The number of nitrogens with zero attached hydrogens (tertiary/aromatic N) is 2. The molecule has 5 heteroatoms. The molecule has 1 amide bonds. The number of carbonyl (C=O) groups is 1. The lowest BCUT2D eigenvalue weighted by Gasteiger charge is -2.36. The molecule has 1 aromatic carbocycles. The van der Waals surface area contributed by atoms with Crippen molar-refractivity contribution in [2.75, 3.05) is 31.1 Å². The molecule has 0 radical (unpaired) electrons. The van der Waals surface area contributed by atoms with Gasteiger partial charge in [0, 0.05) is 36.9 Å². The molecule has 98 valence electrons. The largest absolute Gasteiger partial charge is 0.368 e. The number of piperazine rings is 1. The van der Waals surface area contributed by atoms with Gasteiger partial charge in [-0.05, 0) is 25.1 Å². The summed E-state index contributed by atoms with van der Waals surface area (Å²) in [6, 6.07) is 7.78. The van der Waals surface area contributed by atoms with Crippen LogP contribution < -0.4 is 4.90 Å². The van der Waals surface area contributed by atoms with Crippen LogP contribution >= 0.6 is 23.2 Å². The van der Waals surface area contributed by atoms with E-state index in [-0.39, 0.29) is 5.91 Å². The Bertz CT molecular complexity index is 429. The highest BCUT2D eigenvalue weighted by Gasteiger charge is 2.23. The van der Waals surface area contributed by atoms with Crippen LogP contribution in [0, 0.1) is 0 Å². The van der Waals surface area contributed by atoms with Crippen LogP contribution in [0.25, 0.3) is 0 Å². The van der Waals surface area contributed by atoms with Crippen LogP contribution in [-0.2, 0) is 4.79 Å². The number of amides is 1. The van der Waals surface area contributed by atoms with Crippen LogP contribution in [0.1, 0.15) is 6.92 Å². The molecule has 1 saturated heterocycles. The number of halogens is 2. The second kappa shape index (κ2) is 5.81. The Morgan fingerprint density at radius 1 is 1.28 bits per heavy atom. The fraction of sp³-hybridized carbons (Fsp3) is 0.462. The van der Waals surface area contributed by atoms with E-state index in [1.165, 1.54) is 0 Å². The van der Waals surface area contributed by atoms with Gasteiger partial charge in [-0.1, -0.05) is 17.7 Å². The zero-order valence-electron chi connectivity index (χ0n) is 10.3. The van der Waals surface area contributed by atoms with Gasteiger partial charge in [0.15, 0.2) is 0 Å². The first kappa shape index (κ1) is 13.5. The van der Waals surface area contributed by atoms with Crippen LogP contribution in [0.2, 0.25) is 5.02 Å². The minimum Gasteiger partial charge on any atom is -0.368 e. The van der Waals surface area contributed by atoms with Gasteiger partial charge in [0.25, 0.3) is 0 Å². The summed E-state index contributed by atoms with van der Waals surface area (Å²) in [6.45, 7) is 4.77. The molecule has 1 fully saturated rings. The van der Waals surface area contributed by atoms with Gasteiger partial charge in [-0.15, -0.1) is 11.6 Å². The second-order valence-electron chi connectivity index (χ2n) is 4.41. The number of rotatable bonds is 2. The van der Waals surface area contributed by atoms with Crippen molar-refractivity contribution in [2.24, 2.45) is 0 Å². The molecule has 0 bridgehead atoms. The first-order valence-corrected chi connectivity index (χ1v) is 6.83. The smallest absolute Gasteiger partial charge is 0.240 e. The zero-order valence-corrected chi connectivity index (χ0v) is 11.8. The molecule has 2 rings (SSSR count). The SMILES string of the molecule is CC(Cl)C(=O)N1CCN(c2cccc(Cl)c2)CC1. The lowest BCUT2D eigenvalue weighted by Crippen LogP contribution is -2.50. The van der Waals surface area contributed by atoms with Crippen molar-refractivity contribution < 1.29 is 4.79 Å². The van der Waals surface area contributed by atoms with Gasteiger partial charge in [0.1, 0.15) is 5.38 Å². The van der Waals surface area contributed by atoms with Crippen LogP contribution in [0.5, 0.6) is 0 Å². The molecule has 3 nitrogen and oxygen atoms in total. The van der Waals surface area contributed by atoms with Gasteiger partial charge in [-0.3, -0.25) is 4.79 Å². The quantitative estimate of drug-likeness (QED) is 0.781. The lowest BCUT2D eigenvalue weighted by molar-refractivity contribution is -0.130. The third-order valence-electron chi connectivity index (χ3n) is 3.10. The number of benzene rings is 1. The van der Waals surface area contributed by atoms with Crippen LogP contribution in [0.15, 0.2) is 24.3 Å². The number of alkyl halides is 1. The highest BCUT2D eigenvalue weighted by molar-refractivity contribution is 6.31. The van der Waals surface area contributed by atoms with Crippen molar-refractivity contribution in [1.82, 2.24) is 4.90 Å². The molecule has 0 saturated carbocycles. The summed E-state index contributed by atoms with van der Waals surface area (Å²) in [5.74, 6) is 0.0161. The average Bonchev–Trinajstić information content (AvgIpc) is 2.38. The summed E-state index contributed by atoms with van der Waals surface area (Å²) in [4.78, 5) is 15.8. The lowest BCUT2D eigenvalue weighted by atomic mass is 10.2. The Balaban J connectivity index is 1.96. The molecule has 1 atom stereocenters. The molecule has 0 aromatic heterocycles. The monoisotopic (exact) mass is 286 g/mol. The molecule has 1 aliphatic heterocycles. The highest BCUT2D eigenvalue weighted by atomic mass is 35.5. The Labute approximate surface area is 117 Å². The highest BCUT2D eigenvalue weighted by Crippen LogP contribution is 2.21. The molecule has 1 aliphatic rings. The van der Waals surface area contributed by atoms with Crippen molar-refractivity contribution >= 4 is 34.8 Å². The standard InChI is InChI=1S/C13H16Cl2N2O/c1-10(14)13(18)17-7-5-16(6-8-17)12-4-2-3-11(15)9-12/h2-4,9-10H,5-8H2,1H3. The van der Waals surface area contributed by atoms with E-state index >= 15 is 0 Å². The summed E-state index contributed by atoms with van der Waals surface area (Å²) in [5.41, 5.74) is 1.11. The van der Waals surface area contributed by atoms with Crippen molar-refractivity contribution in [3.63, 3.8) is 0 Å². The van der Waals surface area contributed by atoms with E-state index in [0.29, 0.717) is 13.1 Å². The third kappa shape index (κ3) is 3.09. The Morgan fingerprint density at radius 2 is 1.94 bits per heavy atom. The summed E-state index contributed by atoms with van der Waals surface area (Å²) in [5, 5.41) is 0.295. The van der Waals surface area contributed by atoms with Crippen molar-refractivity contribution in [2.45, 2.75) is 12.3 Å². The van der Waals surface area contributed by atoms with Crippen LogP contribution in [0.3, 0.4) is 0 Å². The normalized spacial score (nSPS) is 17.7. The summed E-state index contributed by atoms with van der Waals surface area (Å²) < 4.78 is 0. The van der Waals surface area contributed by atoms with E-state index in [2.05, 4.69) is 4.90 Å². The van der Waals surface area contributed by atoms with Crippen molar-refractivity contribution in [1.29, 1.82) is 0 Å². The van der Waals surface area contributed by atoms with E-state index in [1.54, 1.807) is 6.92 Å². The topological polar surface area (TPSA) is 23.6 Å². The zero-order chi connectivity index (χ0) is 13.1. The van der Waals surface area contributed by atoms with Gasteiger partial charge < -0.3 is 9.80 Å². The fourth-order valence-electron chi connectivity index (χ4n) is 2.11. The second-order valence-corrected chi connectivity index (χ2v) is 5.50. The molecule has 0 spiro atoms. The molecule has 1 heterocycles. The van der Waals surface area contributed by atoms with Gasteiger partial charge in [0.05, 0.1) is 0 Å². The van der Waals surface area contributed by atoms with Gasteiger partial charge in [0.2, 0.25) is 5.91 Å². The number of carbonyl (C=O) groups excluding carboxylic acids is 1. The van der Waals surface area contributed by atoms with E-state index in [4.69, 9.17) is 23.2 Å². The van der Waals surface area contributed by atoms with Crippen molar-refractivity contribution in [3.8, 4) is 0 Å². The van der Waals surface area contributed by atoms with E-state index in [0.717, 1.165) is 23.8 Å². The maximum absolute atomic E-state index is 11.7. The molecule has 18 heavy (non-hydrogen) atoms. The fourth-order valence-corrected chi connectivity index (χ4v) is 2.43. The van der Waals surface area contributed by atoms with Gasteiger partial charge >= 0.3 is 0 Å². The predicted molar refractivity (Wildman–Crippen MR) is 75.6 cm³/mol. The van der Waals surface area contributed by atoms with Gasteiger partial charge in [-0.2, -0.15) is 0 Å². The molecule has 0 N–H and O–H groups in total. The van der Waals surface area contributed by atoms with E-state index < -0.39 is 5.38 Å². The molecule has 1 unspecified atom stereocenters. The van der Waals surface area contributed by atoms with E-state index in [1.807, 2.05) is 29.2 Å². The molecular weight excluding hydrogens is 271 g/mol. The number of anilines is 1. The predicted octanol–water partition coefficient (Wildman–Crippen LogP) is 2.62. The Kier molecular flexibility index (Phi) is 4.36.